The van der Waals surface area contributed by atoms with Crippen molar-refractivity contribution in [2.24, 2.45) is 10.9 Å². The minimum Gasteiger partial charge on any atom is -0.368 e. The molecule has 1 aliphatic rings. The largest absolute Gasteiger partial charge is 0.368 e. The number of halogens is 2. The van der Waals surface area contributed by atoms with E-state index in [2.05, 4.69) is 34.0 Å². The number of benzene rings is 1. The lowest BCUT2D eigenvalue weighted by atomic mass is 10.1. The number of H-pyrrole nitrogens is 1. The van der Waals surface area contributed by atoms with E-state index in [1.54, 1.807) is 6.07 Å². The van der Waals surface area contributed by atoms with E-state index in [-0.39, 0.29) is 5.84 Å². The molecule has 3 rings (SSSR count). The molecular formula is C19H23Cl2N5. The van der Waals surface area contributed by atoms with Crippen LogP contribution in [0.2, 0.25) is 10.0 Å². The summed E-state index contributed by atoms with van der Waals surface area (Å²) in [6, 6.07) is 7.49. The number of nitrogens with zero attached hydrogens (tertiary/aromatic N) is 2. The Morgan fingerprint density at radius 2 is 2.08 bits per heavy atom. The molecule has 26 heavy (non-hydrogen) atoms. The molecule has 0 saturated heterocycles. The Labute approximate surface area is 163 Å². The van der Waals surface area contributed by atoms with Crippen LogP contribution < -0.4 is 10.2 Å². The molecule has 0 saturated carbocycles. The van der Waals surface area contributed by atoms with Crippen LogP contribution in [0.4, 0.5) is 11.5 Å². The summed E-state index contributed by atoms with van der Waals surface area (Å²) in [4.78, 5) is 9.92. The van der Waals surface area contributed by atoms with Crippen molar-refractivity contribution in [3.05, 3.63) is 45.6 Å². The molecule has 0 spiro atoms. The van der Waals surface area contributed by atoms with E-state index in [1.165, 1.54) is 0 Å². The quantitative estimate of drug-likeness (QED) is 0.495. The number of aliphatic imine (C=N–C) groups is 1. The normalized spacial score (nSPS) is 14.4. The maximum atomic E-state index is 8.28. The molecule has 3 N–H and O–H groups in total. The van der Waals surface area contributed by atoms with Crippen LogP contribution in [-0.4, -0.2) is 29.6 Å². The SMILES string of the molecule is C/C(=N\C(=N)c1cc2c([nH]1)NCCN2Cc1cc(Cl)ccc1Cl)C(C)C. The standard InChI is InChI=1S/C19H23Cl2N5/c1-11(2)12(3)24-18(22)16-9-17-19(25-16)23-6-7-26(17)10-13-8-14(20)4-5-15(13)21/h4-5,8-9,11,22-23,25H,6-7,10H2,1-3H3/b22-18?,24-12+. The van der Waals surface area contributed by atoms with Crippen LogP contribution in [0, 0.1) is 11.3 Å². The summed E-state index contributed by atoms with van der Waals surface area (Å²) in [7, 11) is 0. The molecule has 7 heteroatoms. The summed E-state index contributed by atoms with van der Waals surface area (Å²) in [5, 5.41) is 13.0. The van der Waals surface area contributed by atoms with E-state index in [0.29, 0.717) is 28.2 Å². The number of nitrogens with one attached hydrogen (secondary N) is 3. The van der Waals surface area contributed by atoms with Gasteiger partial charge in [0.1, 0.15) is 5.82 Å². The lowest BCUT2D eigenvalue weighted by molar-refractivity contribution is 0.786. The van der Waals surface area contributed by atoms with Crippen LogP contribution in [0.5, 0.6) is 0 Å². The Hall–Kier alpha value is -1.98. The van der Waals surface area contributed by atoms with Crippen LogP contribution in [0.15, 0.2) is 29.3 Å². The van der Waals surface area contributed by atoms with Crippen molar-refractivity contribution < 1.29 is 0 Å². The van der Waals surface area contributed by atoms with Gasteiger partial charge in [0.2, 0.25) is 0 Å². The summed E-state index contributed by atoms with van der Waals surface area (Å²) in [6.07, 6.45) is 0. The molecule has 1 aliphatic heterocycles. The molecule has 0 radical (unpaired) electrons. The number of anilines is 2. The third-order valence-corrected chi connectivity index (χ3v) is 5.17. The molecule has 0 aliphatic carbocycles. The maximum Gasteiger partial charge on any atom is 0.168 e. The highest BCUT2D eigenvalue weighted by Crippen LogP contribution is 2.32. The van der Waals surface area contributed by atoms with Gasteiger partial charge in [0.05, 0.1) is 11.4 Å². The fraction of sp³-hybridized carbons (Fsp3) is 0.368. The zero-order chi connectivity index (χ0) is 18.8. The number of aromatic nitrogens is 1. The van der Waals surface area contributed by atoms with Crippen molar-refractivity contribution in [2.45, 2.75) is 27.3 Å². The lowest BCUT2D eigenvalue weighted by Crippen LogP contribution is -2.33. The van der Waals surface area contributed by atoms with Gasteiger partial charge in [-0.15, -0.1) is 0 Å². The van der Waals surface area contributed by atoms with Gasteiger partial charge in [-0.3, -0.25) is 5.41 Å². The summed E-state index contributed by atoms with van der Waals surface area (Å²) in [6.45, 7) is 8.41. The van der Waals surface area contributed by atoms with Crippen molar-refractivity contribution in [1.82, 2.24) is 4.98 Å². The highest BCUT2D eigenvalue weighted by atomic mass is 35.5. The number of hydrogen-bond acceptors (Lipinski definition) is 3. The molecule has 2 aromatic rings. The second-order valence-electron chi connectivity index (χ2n) is 6.78. The average Bonchev–Trinajstić information content (AvgIpc) is 3.03. The highest BCUT2D eigenvalue weighted by molar-refractivity contribution is 6.33. The predicted molar refractivity (Wildman–Crippen MR) is 112 cm³/mol. The van der Waals surface area contributed by atoms with Gasteiger partial charge in [-0.1, -0.05) is 37.0 Å². The molecule has 0 fully saturated rings. The molecular weight excluding hydrogens is 369 g/mol. The number of rotatable bonds is 4. The Morgan fingerprint density at radius 3 is 2.81 bits per heavy atom. The van der Waals surface area contributed by atoms with Gasteiger partial charge in [0.15, 0.2) is 5.84 Å². The van der Waals surface area contributed by atoms with Gasteiger partial charge in [-0.25, -0.2) is 4.99 Å². The van der Waals surface area contributed by atoms with Crippen molar-refractivity contribution in [3.63, 3.8) is 0 Å². The summed E-state index contributed by atoms with van der Waals surface area (Å²) in [5.41, 5.74) is 3.65. The maximum absolute atomic E-state index is 8.28. The molecule has 0 atom stereocenters. The number of aromatic amines is 1. The molecule has 2 heterocycles. The fourth-order valence-corrected chi connectivity index (χ4v) is 3.16. The molecule has 0 amide bonds. The minimum absolute atomic E-state index is 0.244. The van der Waals surface area contributed by atoms with Gasteiger partial charge in [-0.2, -0.15) is 0 Å². The number of amidine groups is 1. The Kier molecular flexibility index (Phi) is 5.58. The van der Waals surface area contributed by atoms with E-state index < -0.39 is 0 Å². The topological polar surface area (TPSA) is 67.3 Å². The van der Waals surface area contributed by atoms with Crippen LogP contribution in [0.3, 0.4) is 0 Å². The molecule has 1 aromatic heterocycles. The first-order valence-electron chi connectivity index (χ1n) is 8.65. The van der Waals surface area contributed by atoms with Crippen LogP contribution >= 0.6 is 23.2 Å². The third kappa shape index (κ3) is 4.05. The summed E-state index contributed by atoms with van der Waals surface area (Å²) < 4.78 is 0. The van der Waals surface area contributed by atoms with Crippen molar-refractivity contribution >= 4 is 46.3 Å². The van der Waals surface area contributed by atoms with Crippen LogP contribution in [0.25, 0.3) is 0 Å². The van der Waals surface area contributed by atoms with Crippen molar-refractivity contribution in [3.8, 4) is 0 Å². The first kappa shape index (κ1) is 18.8. The van der Waals surface area contributed by atoms with Gasteiger partial charge in [0, 0.05) is 35.4 Å². The molecule has 1 aromatic carbocycles. The summed E-state index contributed by atoms with van der Waals surface area (Å²) >= 11 is 12.4. The first-order valence-corrected chi connectivity index (χ1v) is 9.40. The predicted octanol–water partition coefficient (Wildman–Crippen LogP) is 5.20. The summed E-state index contributed by atoms with van der Waals surface area (Å²) in [5.74, 6) is 1.47. The number of fused-ring (bicyclic) bond motifs is 1. The minimum atomic E-state index is 0.244. The Morgan fingerprint density at radius 1 is 1.31 bits per heavy atom. The highest BCUT2D eigenvalue weighted by Gasteiger charge is 2.21. The third-order valence-electron chi connectivity index (χ3n) is 4.57. The van der Waals surface area contributed by atoms with Crippen molar-refractivity contribution in [1.29, 1.82) is 5.41 Å². The zero-order valence-electron chi connectivity index (χ0n) is 15.2. The Balaban J connectivity index is 1.86. The molecule has 5 nitrogen and oxygen atoms in total. The first-order chi connectivity index (χ1) is 12.3. The van der Waals surface area contributed by atoms with Crippen LogP contribution in [0.1, 0.15) is 32.0 Å². The fourth-order valence-electron chi connectivity index (χ4n) is 2.79. The van der Waals surface area contributed by atoms with Crippen molar-refractivity contribution in [2.75, 3.05) is 23.3 Å². The number of hydrogen-bond donors (Lipinski definition) is 3. The zero-order valence-corrected chi connectivity index (χ0v) is 16.7. The monoisotopic (exact) mass is 391 g/mol. The molecule has 0 unspecified atom stereocenters. The van der Waals surface area contributed by atoms with Crippen LogP contribution in [-0.2, 0) is 6.54 Å². The van der Waals surface area contributed by atoms with Gasteiger partial charge in [-0.05, 0) is 42.7 Å². The average molecular weight is 392 g/mol. The van der Waals surface area contributed by atoms with Gasteiger partial charge < -0.3 is 15.2 Å². The lowest BCUT2D eigenvalue weighted by Gasteiger charge is -2.30. The molecule has 138 valence electrons. The van der Waals surface area contributed by atoms with Gasteiger partial charge >= 0.3 is 0 Å². The van der Waals surface area contributed by atoms with E-state index in [4.69, 9.17) is 28.6 Å². The van der Waals surface area contributed by atoms with E-state index in [0.717, 1.165) is 35.9 Å². The van der Waals surface area contributed by atoms with E-state index in [9.17, 15) is 0 Å². The van der Waals surface area contributed by atoms with E-state index in [1.807, 2.05) is 25.1 Å². The van der Waals surface area contributed by atoms with E-state index >= 15 is 0 Å². The smallest absolute Gasteiger partial charge is 0.168 e. The Bertz CT molecular complexity index is 854. The van der Waals surface area contributed by atoms with Gasteiger partial charge in [0.25, 0.3) is 0 Å². The molecule has 0 bridgehead atoms. The second kappa shape index (κ2) is 7.72. The second-order valence-corrected chi connectivity index (χ2v) is 7.63.